The van der Waals surface area contributed by atoms with Crippen LogP contribution in [0.1, 0.15) is 6.42 Å². The van der Waals surface area contributed by atoms with Gasteiger partial charge in [0.25, 0.3) is 5.69 Å². The van der Waals surface area contributed by atoms with Gasteiger partial charge in [0.15, 0.2) is 0 Å². The monoisotopic (exact) mass is 392 g/mol. The van der Waals surface area contributed by atoms with Gasteiger partial charge in [-0.2, -0.15) is 0 Å². The summed E-state index contributed by atoms with van der Waals surface area (Å²) in [5.74, 6) is -0.152. The lowest BCUT2D eigenvalue weighted by Gasteiger charge is -2.17. The first-order valence-electron chi connectivity index (χ1n) is 9.11. The number of nitrogens with zero attached hydrogens (tertiary/aromatic N) is 2. The van der Waals surface area contributed by atoms with Crippen LogP contribution in [-0.4, -0.2) is 16.7 Å². The zero-order valence-electron chi connectivity index (χ0n) is 14.7. The van der Waals surface area contributed by atoms with Gasteiger partial charge in [0.2, 0.25) is 11.8 Å². The van der Waals surface area contributed by atoms with Gasteiger partial charge >= 0.3 is 0 Å². The van der Waals surface area contributed by atoms with Crippen molar-refractivity contribution in [1.29, 1.82) is 0 Å². The summed E-state index contributed by atoms with van der Waals surface area (Å²) in [7, 11) is 0. The van der Waals surface area contributed by atoms with Crippen LogP contribution < -0.4 is 4.90 Å². The molecule has 5 rings (SSSR count). The highest BCUT2D eigenvalue weighted by Gasteiger charge is 2.59. The number of benzene rings is 2. The second-order valence-electron chi connectivity index (χ2n) is 7.36. The van der Waals surface area contributed by atoms with Crippen LogP contribution in [0, 0.1) is 33.8 Å². The normalized spacial score (nSPS) is 27.5. The Morgan fingerprint density at radius 1 is 0.857 bits per heavy atom. The SMILES string of the molecule is O=C1[C@@H]2[C@H](C(=O)N1c1ccc(Sc3ccc([N+](=O)[O-])cc3)cc1)[C@H]1C=C[C@@H]2C1. The Morgan fingerprint density at radius 2 is 1.36 bits per heavy atom. The molecule has 140 valence electrons. The van der Waals surface area contributed by atoms with Crippen LogP contribution in [-0.2, 0) is 9.59 Å². The Bertz CT molecular complexity index is 986. The van der Waals surface area contributed by atoms with Crippen molar-refractivity contribution >= 4 is 35.0 Å². The van der Waals surface area contributed by atoms with E-state index < -0.39 is 4.92 Å². The van der Waals surface area contributed by atoms with Gasteiger partial charge in [-0.1, -0.05) is 23.9 Å². The van der Waals surface area contributed by atoms with E-state index in [1.807, 2.05) is 12.1 Å². The van der Waals surface area contributed by atoms with Crippen LogP contribution in [0.2, 0.25) is 0 Å². The molecule has 4 atom stereocenters. The highest BCUT2D eigenvalue weighted by molar-refractivity contribution is 7.99. The van der Waals surface area contributed by atoms with Crippen molar-refractivity contribution in [3.05, 3.63) is 70.8 Å². The van der Waals surface area contributed by atoms with Gasteiger partial charge in [-0.15, -0.1) is 0 Å². The standard InChI is InChI=1S/C21H16N2O4S/c24-20-18-12-1-2-13(11-12)19(18)21(25)22(20)14-3-7-16(8-4-14)28-17-9-5-15(6-10-17)23(26)27/h1-10,12-13,18-19H,11H2/t12-,13+,18+,19-. The number of imide groups is 1. The van der Waals surface area contributed by atoms with Crippen molar-refractivity contribution in [2.24, 2.45) is 23.7 Å². The molecule has 0 N–H and O–H groups in total. The van der Waals surface area contributed by atoms with E-state index >= 15 is 0 Å². The second kappa shape index (κ2) is 6.31. The molecule has 2 amide bonds. The van der Waals surface area contributed by atoms with E-state index in [-0.39, 0.29) is 41.2 Å². The molecule has 0 aromatic heterocycles. The summed E-state index contributed by atoms with van der Waals surface area (Å²) in [6.07, 6.45) is 5.10. The molecule has 0 radical (unpaired) electrons. The molecule has 0 spiro atoms. The van der Waals surface area contributed by atoms with Crippen molar-refractivity contribution < 1.29 is 14.5 Å². The molecule has 2 aliphatic carbocycles. The van der Waals surface area contributed by atoms with Gasteiger partial charge in [0.05, 0.1) is 22.4 Å². The first-order chi connectivity index (χ1) is 13.5. The number of nitro benzene ring substituents is 1. The van der Waals surface area contributed by atoms with Gasteiger partial charge in [-0.25, -0.2) is 0 Å². The van der Waals surface area contributed by atoms with Crippen molar-refractivity contribution in [1.82, 2.24) is 0 Å². The minimum Gasteiger partial charge on any atom is -0.274 e. The largest absolute Gasteiger partial charge is 0.274 e. The summed E-state index contributed by atoms with van der Waals surface area (Å²) in [4.78, 5) is 39.2. The zero-order valence-corrected chi connectivity index (χ0v) is 15.5. The van der Waals surface area contributed by atoms with Crippen LogP contribution in [0.4, 0.5) is 11.4 Å². The lowest BCUT2D eigenvalue weighted by Crippen LogP contribution is -2.32. The molecule has 1 saturated heterocycles. The molecule has 7 heteroatoms. The third-order valence-corrected chi connectivity index (χ3v) is 6.86. The summed E-state index contributed by atoms with van der Waals surface area (Å²) >= 11 is 1.47. The Balaban J connectivity index is 1.34. The van der Waals surface area contributed by atoms with Gasteiger partial charge in [0.1, 0.15) is 0 Å². The molecule has 1 saturated carbocycles. The maximum atomic E-state index is 12.9. The summed E-state index contributed by atoms with van der Waals surface area (Å²) in [6, 6.07) is 13.7. The van der Waals surface area contributed by atoms with Crippen LogP contribution in [0.25, 0.3) is 0 Å². The number of carbonyl (C=O) groups excluding carboxylic acids is 2. The maximum absolute atomic E-state index is 12.9. The van der Waals surface area contributed by atoms with Gasteiger partial charge in [0, 0.05) is 21.9 Å². The van der Waals surface area contributed by atoms with Crippen molar-refractivity contribution in [3.63, 3.8) is 0 Å². The third-order valence-electron chi connectivity index (χ3n) is 5.85. The fourth-order valence-corrected chi connectivity index (χ4v) is 5.41. The van der Waals surface area contributed by atoms with E-state index in [1.54, 1.807) is 24.3 Å². The first-order valence-corrected chi connectivity index (χ1v) is 9.93. The maximum Gasteiger partial charge on any atom is 0.269 e. The van der Waals surface area contributed by atoms with Crippen LogP contribution >= 0.6 is 11.8 Å². The molecule has 2 fully saturated rings. The second-order valence-corrected chi connectivity index (χ2v) is 8.51. The summed E-state index contributed by atoms with van der Waals surface area (Å²) < 4.78 is 0. The molecular formula is C21H16N2O4S. The molecule has 28 heavy (non-hydrogen) atoms. The highest BCUT2D eigenvalue weighted by atomic mass is 32.2. The molecule has 0 unspecified atom stereocenters. The van der Waals surface area contributed by atoms with Gasteiger partial charge in [-0.3, -0.25) is 24.6 Å². The predicted molar refractivity (Wildman–Crippen MR) is 104 cm³/mol. The Labute approximate surface area is 165 Å². The lowest BCUT2D eigenvalue weighted by molar-refractivity contribution is -0.384. The number of hydrogen-bond acceptors (Lipinski definition) is 5. The molecule has 2 bridgehead atoms. The van der Waals surface area contributed by atoms with Gasteiger partial charge < -0.3 is 0 Å². The van der Waals surface area contributed by atoms with E-state index in [1.165, 1.54) is 28.8 Å². The van der Waals surface area contributed by atoms with E-state index in [0.29, 0.717) is 5.69 Å². The molecule has 6 nitrogen and oxygen atoms in total. The number of rotatable bonds is 4. The fourth-order valence-electron chi connectivity index (χ4n) is 4.59. The van der Waals surface area contributed by atoms with E-state index in [4.69, 9.17) is 0 Å². The Hall–Kier alpha value is -2.93. The Morgan fingerprint density at radius 3 is 1.86 bits per heavy atom. The number of non-ortho nitro benzene ring substituents is 1. The van der Waals surface area contributed by atoms with Crippen molar-refractivity contribution in [2.45, 2.75) is 16.2 Å². The quantitative estimate of drug-likeness (QED) is 0.339. The molecular weight excluding hydrogens is 376 g/mol. The third kappa shape index (κ3) is 2.57. The smallest absolute Gasteiger partial charge is 0.269 e. The summed E-state index contributed by atoms with van der Waals surface area (Å²) in [5.41, 5.74) is 0.664. The van der Waals surface area contributed by atoms with E-state index in [0.717, 1.165) is 16.2 Å². The molecule has 3 aliphatic rings. The average Bonchev–Trinajstić information content (AvgIpc) is 3.37. The number of hydrogen-bond donors (Lipinski definition) is 0. The zero-order chi connectivity index (χ0) is 19.4. The predicted octanol–water partition coefficient (Wildman–Crippen LogP) is 4.06. The van der Waals surface area contributed by atoms with Crippen LogP contribution in [0.5, 0.6) is 0 Å². The number of anilines is 1. The number of fused-ring (bicyclic) bond motifs is 5. The number of nitro groups is 1. The lowest BCUT2D eigenvalue weighted by atomic mass is 9.85. The van der Waals surface area contributed by atoms with E-state index in [9.17, 15) is 19.7 Å². The summed E-state index contributed by atoms with van der Waals surface area (Å²) in [5, 5.41) is 10.7. The molecule has 1 heterocycles. The number of carbonyl (C=O) groups is 2. The van der Waals surface area contributed by atoms with Crippen molar-refractivity contribution in [3.8, 4) is 0 Å². The fraction of sp³-hybridized carbons (Fsp3) is 0.238. The highest BCUT2D eigenvalue weighted by Crippen LogP contribution is 2.53. The van der Waals surface area contributed by atoms with Crippen LogP contribution in [0.3, 0.4) is 0 Å². The number of allylic oxidation sites excluding steroid dienone is 2. The first kappa shape index (κ1) is 17.2. The minimum absolute atomic E-state index is 0.0553. The minimum atomic E-state index is -0.426. The topological polar surface area (TPSA) is 80.5 Å². The summed E-state index contributed by atoms with van der Waals surface area (Å²) in [6.45, 7) is 0. The average molecular weight is 392 g/mol. The van der Waals surface area contributed by atoms with Crippen molar-refractivity contribution in [2.75, 3.05) is 4.90 Å². The number of amides is 2. The molecule has 1 aliphatic heterocycles. The van der Waals surface area contributed by atoms with Crippen LogP contribution in [0.15, 0.2) is 70.5 Å². The van der Waals surface area contributed by atoms with E-state index in [2.05, 4.69) is 12.2 Å². The van der Waals surface area contributed by atoms with Gasteiger partial charge in [-0.05, 0) is 54.7 Å². The Kier molecular flexibility index (Phi) is 3.87. The molecule has 2 aromatic carbocycles. The molecule has 2 aromatic rings.